The molecular weight excluding hydrogens is 1000 g/mol. The van der Waals surface area contributed by atoms with Crippen LogP contribution in [0.2, 0.25) is 10.0 Å². The second kappa shape index (κ2) is 30.9. The average molecular weight is 1070 g/mol. The van der Waals surface area contributed by atoms with Gasteiger partial charge in [0.15, 0.2) is 0 Å². The standard InChI is InChI=1S/C60H68Cl2N6O6.CH4O/c1-8-67(18-15-40(2)3)33-50-23-55(61)59(25-57(50)71-36-46-21-44(27-63)29-65-31-46)73-38-48-11-9-13-53(42(48)6)54-14-10-12-49(43(54)7)39-74-60-26-58(72-37-47-22-45(28-64)30-66-32-47)51(24-56(60)62)34-68(19-16-41(4)5)52(35-70)17-20-69;1-2/h9-14,21-26,29-32,35,40-41,52,69H,8,15-20,33-34,36-39H2,1-7H3;2H,1H3. The Hall–Kier alpha value is -6.55. The number of aromatic nitrogens is 2. The van der Waals surface area contributed by atoms with Crippen LogP contribution in [0.25, 0.3) is 11.1 Å². The van der Waals surface area contributed by atoms with E-state index in [0.29, 0.717) is 87.6 Å². The molecule has 13 nitrogen and oxygen atoms in total. The quantitative estimate of drug-likeness (QED) is 0.0445. The number of benzene rings is 4. The molecule has 0 spiro atoms. The van der Waals surface area contributed by atoms with E-state index in [9.17, 15) is 20.4 Å². The van der Waals surface area contributed by atoms with Crippen LogP contribution in [0.15, 0.2) is 97.6 Å². The lowest BCUT2D eigenvalue weighted by Gasteiger charge is -2.29. The molecule has 15 heteroatoms. The number of rotatable bonds is 28. The molecule has 402 valence electrons. The van der Waals surface area contributed by atoms with Gasteiger partial charge in [-0.3, -0.25) is 19.8 Å². The van der Waals surface area contributed by atoms with Gasteiger partial charge in [-0.25, -0.2) is 0 Å². The summed E-state index contributed by atoms with van der Waals surface area (Å²) >= 11 is 14.0. The molecule has 76 heavy (non-hydrogen) atoms. The van der Waals surface area contributed by atoms with E-state index in [1.807, 2.05) is 41.3 Å². The van der Waals surface area contributed by atoms with E-state index in [1.54, 1.807) is 30.6 Å². The van der Waals surface area contributed by atoms with Crippen molar-refractivity contribution in [3.63, 3.8) is 0 Å². The first-order chi connectivity index (χ1) is 36.7. The van der Waals surface area contributed by atoms with Crippen molar-refractivity contribution in [1.29, 1.82) is 10.5 Å². The highest BCUT2D eigenvalue weighted by Gasteiger charge is 2.23. The number of hydrogen-bond acceptors (Lipinski definition) is 13. The topological polar surface area (TPSA) is 174 Å². The van der Waals surface area contributed by atoms with Crippen LogP contribution in [-0.2, 0) is 44.3 Å². The third-order valence-corrected chi connectivity index (χ3v) is 13.7. The fourth-order valence-corrected chi connectivity index (χ4v) is 9.03. The van der Waals surface area contributed by atoms with Crippen LogP contribution in [0, 0.1) is 48.3 Å². The number of halogens is 2. The molecule has 2 N–H and O–H groups in total. The second-order valence-corrected chi connectivity index (χ2v) is 20.2. The fraction of sp³-hybridized carbons (Fsp3) is 0.393. The van der Waals surface area contributed by atoms with Crippen LogP contribution >= 0.6 is 23.2 Å². The van der Waals surface area contributed by atoms with E-state index in [1.165, 1.54) is 12.4 Å². The van der Waals surface area contributed by atoms with Crippen molar-refractivity contribution in [2.24, 2.45) is 11.8 Å². The zero-order chi connectivity index (χ0) is 55.1. The van der Waals surface area contributed by atoms with Crippen LogP contribution in [0.4, 0.5) is 0 Å². The Morgan fingerprint density at radius 1 is 0.618 bits per heavy atom. The summed E-state index contributed by atoms with van der Waals surface area (Å²) < 4.78 is 25.9. The summed E-state index contributed by atoms with van der Waals surface area (Å²) in [7, 11) is 1.00. The van der Waals surface area contributed by atoms with Gasteiger partial charge in [-0.1, -0.05) is 94.2 Å². The fourth-order valence-electron chi connectivity index (χ4n) is 8.55. The molecule has 1 atom stereocenters. The Kier molecular flexibility index (Phi) is 24.5. The number of hydrogen-bond donors (Lipinski definition) is 2. The molecule has 6 rings (SSSR count). The van der Waals surface area contributed by atoms with E-state index < -0.39 is 6.04 Å². The number of carbonyl (C=O) groups excluding carboxylic acids is 1. The van der Waals surface area contributed by atoms with Gasteiger partial charge < -0.3 is 34.0 Å². The van der Waals surface area contributed by atoms with Gasteiger partial charge in [0.25, 0.3) is 0 Å². The minimum absolute atomic E-state index is 0.123. The Morgan fingerprint density at radius 2 is 1.08 bits per heavy atom. The van der Waals surface area contributed by atoms with Gasteiger partial charge in [0.1, 0.15) is 67.9 Å². The summed E-state index contributed by atoms with van der Waals surface area (Å²) in [5.41, 5.74) is 10.2. The number of nitrogens with zero attached hydrogens (tertiary/aromatic N) is 6. The van der Waals surface area contributed by atoms with Crippen LogP contribution in [0.3, 0.4) is 0 Å². The summed E-state index contributed by atoms with van der Waals surface area (Å²) in [6.45, 7) is 19.2. The summed E-state index contributed by atoms with van der Waals surface area (Å²) in [6.07, 6.45) is 9.49. The predicted molar refractivity (Wildman–Crippen MR) is 299 cm³/mol. The lowest BCUT2D eigenvalue weighted by atomic mass is 9.92. The zero-order valence-corrected chi connectivity index (χ0v) is 46.6. The second-order valence-electron chi connectivity index (χ2n) is 19.4. The van der Waals surface area contributed by atoms with Gasteiger partial charge >= 0.3 is 0 Å². The van der Waals surface area contributed by atoms with E-state index in [4.69, 9.17) is 47.3 Å². The summed E-state index contributed by atoms with van der Waals surface area (Å²) in [5, 5.41) is 36.6. The Morgan fingerprint density at radius 3 is 1.51 bits per heavy atom. The van der Waals surface area contributed by atoms with Gasteiger partial charge in [-0.2, -0.15) is 10.5 Å². The van der Waals surface area contributed by atoms with E-state index in [0.717, 1.165) is 89.4 Å². The summed E-state index contributed by atoms with van der Waals surface area (Å²) in [5.74, 6) is 3.06. The third kappa shape index (κ3) is 17.5. The predicted octanol–water partition coefficient (Wildman–Crippen LogP) is 12.4. The van der Waals surface area contributed by atoms with Crippen molar-refractivity contribution in [1.82, 2.24) is 19.8 Å². The largest absolute Gasteiger partial charge is 0.488 e. The van der Waals surface area contributed by atoms with Crippen molar-refractivity contribution in [3.8, 4) is 46.3 Å². The SMILES string of the molecule is CCN(CCC(C)C)Cc1cc(Cl)c(OCc2cccc(-c3cccc(COc4cc(OCc5cncc(C#N)c5)c(CN(CCC(C)C)C(C=O)CCO)cc4Cl)c3C)c2C)cc1OCc1cncc(C#N)c1.CO. The van der Waals surface area contributed by atoms with Crippen molar-refractivity contribution in [2.75, 3.05) is 33.4 Å². The number of aliphatic hydroxyl groups excluding tert-OH is 2. The molecule has 4 aromatic carbocycles. The third-order valence-electron chi connectivity index (χ3n) is 13.1. The van der Waals surface area contributed by atoms with Gasteiger partial charge in [0.05, 0.1) is 27.2 Å². The van der Waals surface area contributed by atoms with Crippen LogP contribution < -0.4 is 18.9 Å². The number of nitriles is 2. The maximum atomic E-state index is 12.3. The smallest absolute Gasteiger partial charge is 0.142 e. The lowest BCUT2D eigenvalue weighted by molar-refractivity contribution is -0.113. The minimum Gasteiger partial charge on any atom is -0.488 e. The molecule has 0 aliphatic rings. The molecule has 6 aromatic rings. The maximum Gasteiger partial charge on any atom is 0.142 e. The molecule has 0 saturated carbocycles. The minimum atomic E-state index is -0.499. The Labute approximate surface area is 459 Å². The highest BCUT2D eigenvalue weighted by atomic mass is 35.5. The normalized spacial score (nSPS) is 11.5. The highest BCUT2D eigenvalue weighted by molar-refractivity contribution is 6.32. The maximum absolute atomic E-state index is 12.3. The number of aliphatic hydroxyl groups is 2. The molecule has 0 aliphatic heterocycles. The Bertz CT molecular complexity index is 2920. The Balaban J connectivity index is 0.00000527. The van der Waals surface area contributed by atoms with Crippen molar-refractivity contribution in [2.45, 2.75) is 113 Å². The van der Waals surface area contributed by atoms with E-state index in [2.05, 4.69) is 93.7 Å². The number of ether oxygens (including phenoxy) is 4. The first-order valence-electron chi connectivity index (χ1n) is 25.7. The molecule has 0 saturated heterocycles. The molecule has 2 aromatic heterocycles. The average Bonchev–Trinajstić information content (AvgIpc) is 3.42. The van der Waals surface area contributed by atoms with Crippen molar-refractivity contribution >= 4 is 29.5 Å². The molecule has 0 fully saturated rings. The number of carbonyl (C=O) groups is 1. The number of aldehydes is 1. The van der Waals surface area contributed by atoms with E-state index >= 15 is 0 Å². The molecule has 1 unspecified atom stereocenters. The van der Waals surface area contributed by atoms with Gasteiger partial charge in [-0.15, -0.1) is 0 Å². The summed E-state index contributed by atoms with van der Waals surface area (Å²) in [6, 6.07) is 27.1. The summed E-state index contributed by atoms with van der Waals surface area (Å²) in [4.78, 5) is 25.1. The van der Waals surface area contributed by atoms with Gasteiger partial charge in [0.2, 0.25) is 0 Å². The van der Waals surface area contributed by atoms with Gasteiger partial charge in [0, 0.05) is 86.0 Å². The first kappa shape index (κ1) is 60.3. The first-order valence-corrected chi connectivity index (χ1v) is 26.5. The van der Waals surface area contributed by atoms with Crippen LogP contribution in [-0.4, -0.2) is 75.7 Å². The molecule has 0 bridgehead atoms. The van der Waals surface area contributed by atoms with Crippen molar-refractivity contribution in [3.05, 3.63) is 163 Å². The van der Waals surface area contributed by atoms with Crippen molar-refractivity contribution < 1.29 is 34.0 Å². The van der Waals surface area contributed by atoms with E-state index in [-0.39, 0.29) is 33.0 Å². The molecule has 0 amide bonds. The van der Waals surface area contributed by atoms with Gasteiger partial charge in [-0.05, 0) is 122 Å². The zero-order valence-electron chi connectivity index (χ0n) is 45.1. The van der Waals surface area contributed by atoms with Crippen LogP contribution in [0.5, 0.6) is 23.0 Å². The molecule has 2 heterocycles. The molecule has 0 radical (unpaired) electrons. The number of pyridine rings is 2. The highest BCUT2D eigenvalue weighted by Crippen LogP contribution is 2.38. The lowest BCUT2D eigenvalue weighted by Crippen LogP contribution is -2.38. The monoisotopic (exact) mass is 1070 g/mol. The molecular formula is C61H72Cl2N6O7. The van der Waals surface area contributed by atoms with Crippen LogP contribution in [0.1, 0.15) is 110 Å². The molecule has 0 aliphatic carbocycles.